The number of nitrogens with one attached hydrogen (secondary N) is 1. The second kappa shape index (κ2) is 8.56. The molecule has 0 radical (unpaired) electrons. The Kier molecular flexibility index (Phi) is 5.94. The molecule has 1 amide bonds. The molecular weight excluding hydrogens is 342 g/mol. The molecule has 3 rings (SSSR count). The van der Waals surface area contributed by atoms with Crippen LogP contribution in [0.2, 0.25) is 0 Å². The van der Waals surface area contributed by atoms with Crippen LogP contribution in [-0.4, -0.2) is 17.1 Å². The third-order valence-corrected chi connectivity index (χ3v) is 4.25. The summed E-state index contributed by atoms with van der Waals surface area (Å²) in [6, 6.07) is 18.0. The molecule has 0 spiro atoms. The molecule has 2 N–H and O–H groups in total. The lowest BCUT2D eigenvalue weighted by Gasteiger charge is -2.13. The van der Waals surface area contributed by atoms with E-state index < -0.39 is 0 Å². The molecular formula is C22H23NO4. The number of ether oxygens (including phenoxy) is 1. The molecule has 0 bridgehead atoms. The number of furan rings is 1. The largest absolute Gasteiger partial charge is 0.491 e. The quantitative estimate of drug-likeness (QED) is 0.627. The van der Waals surface area contributed by atoms with Crippen LogP contribution in [0.15, 0.2) is 65.1 Å². The van der Waals surface area contributed by atoms with Crippen molar-refractivity contribution in [3.05, 3.63) is 72.0 Å². The van der Waals surface area contributed by atoms with Gasteiger partial charge in [-0.2, -0.15) is 0 Å². The van der Waals surface area contributed by atoms with Crippen LogP contribution in [0.3, 0.4) is 0 Å². The minimum absolute atomic E-state index is 0.139. The van der Waals surface area contributed by atoms with Crippen LogP contribution in [0.4, 0.5) is 5.69 Å². The van der Waals surface area contributed by atoms with Crippen LogP contribution in [0.5, 0.6) is 5.75 Å². The smallest absolute Gasteiger partial charge is 0.255 e. The molecule has 0 unspecified atom stereocenters. The number of amides is 1. The van der Waals surface area contributed by atoms with E-state index in [1.807, 2.05) is 31.2 Å². The zero-order valence-corrected chi connectivity index (χ0v) is 15.4. The van der Waals surface area contributed by atoms with E-state index in [-0.39, 0.29) is 18.6 Å². The zero-order valence-electron chi connectivity index (χ0n) is 15.4. The highest BCUT2D eigenvalue weighted by Gasteiger charge is 2.09. The highest BCUT2D eigenvalue weighted by Crippen LogP contribution is 2.25. The molecule has 0 saturated heterocycles. The molecule has 5 heteroatoms. The van der Waals surface area contributed by atoms with Gasteiger partial charge in [0.1, 0.15) is 23.9 Å². The normalized spacial score (nSPS) is 11.8. The Morgan fingerprint density at radius 1 is 1.15 bits per heavy atom. The third kappa shape index (κ3) is 4.77. The third-order valence-electron chi connectivity index (χ3n) is 4.25. The maximum Gasteiger partial charge on any atom is 0.255 e. The number of aliphatic hydroxyl groups is 1. The fourth-order valence-electron chi connectivity index (χ4n) is 2.57. The minimum atomic E-state index is -0.197. The highest BCUT2D eigenvalue weighted by molar-refractivity contribution is 6.04. The molecule has 0 saturated carbocycles. The first-order valence-electron chi connectivity index (χ1n) is 8.97. The Morgan fingerprint density at radius 3 is 2.59 bits per heavy atom. The topological polar surface area (TPSA) is 71.7 Å². The van der Waals surface area contributed by atoms with Crippen LogP contribution in [0.25, 0.3) is 11.3 Å². The van der Waals surface area contributed by atoms with Crippen LogP contribution in [-0.2, 0) is 6.61 Å². The average Bonchev–Trinajstić information content (AvgIpc) is 3.18. The summed E-state index contributed by atoms with van der Waals surface area (Å²) in [5, 5.41) is 12.0. The SMILES string of the molecule is CC[C@H](C)Oc1ccc(C(=O)Nc2cccc(-c3ccc(CO)o3)c2)cc1. The van der Waals surface area contributed by atoms with Crippen molar-refractivity contribution in [2.75, 3.05) is 5.32 Å². The van der Waals surface area contributed by atoms with E-state index in [2.05, 4.69) is 12.2 Å². The summed E-state index contributed by atoms with van der Waals surface area (Å²) in [4.78, 5) is 12.5. The first-order valence-corrected chi connectivity index (χ1v) is 8.97. The van der Waals surface area contributed by atoms with Crippen LogP contribution >= 0.6 is 0 Å². The number of benzene rings is 2. The summed E-state index contributed by atoms with van der Waals surface area (Å²) in [6.07, 6.45) is 1.06. The fourth-order valence-corrected chi connectivity index (χ4v) is 2.57. The van der Waals surface area contributed by atoms with Gasteiger partial charge in [-0.15, -0.1) is 0 Å². The van der Waals surface area contributed by atoms with E-state index in [0.29, 0.717) is 22.8 Å². The van der Waals surface area contributed by atoms with Gasteiger partial charge in [-0.1, -0.05) is 19.1 Å². The van der Waals surface area contributed by atoms with Gasteiger partial charge in [0.25, 0.3) is 5.91 Å². The maximum absolute atomic E-state index is 12.5. The minimum Gasteiger partial charge on any atom is -0.491 e. The number of hydrogen-bond donors (Lipinski definition) is 2. The standard InChI is InChI=1S/C22H23NO4/c1-3-15(2)26-19-9-7-16(8-10-19)22(25)23-18-6-4-5-17(13-18)21-12-11-20(14-24)27-21/h4-13,15,24H,3,14H2,1-2H3,(H,23,25)/t15-/m0/s1. The Bertz CT molecular complexity index is 899. The monoisotopic (exact) mass is 365 g/mol. The summed E-state index contributed by atoms with van der Waals surface area (Å²) in [6.45, 7) is 3.93. The van der Waals surface area contributed by atoms with Gasteiger partial charge in [-0.25, -0.2) is 0 Å². The summed E-state index contributed by atoms with van der Waals surface area (Å²) in [5.74, 6) is 1.69. The van der Waals surface area contributed by atoms with E-state index in [1.165, 1.54) is 0 Å². The summed E-state index contributed by atoms with van der Waals surface area (Å²) >= 11 is 0. The van der Waals surface area contributed by atoms with Crippen LogP contribution in [0.1, 0.15) is 36.4 Å². The molecule has 0 aliphatic rings. The van der Waals surface area contributed by atoms with E-state index in [9.17, 15) is 4.79 Å². The number of rotatable bonds is 7. The van der Waals surface area contributed by atoms with Crippen molar-refractivity contribution >= 4 is 11.6 Å². The number of aliphatic hydroxyl groups excluding tert-OH is 1. The predicted octanol–water partition coefficient (Wildman–Crippen LogP) is 4.87. The molecule has 27 heavy (non-hydrogen) atoms. The van der Waals surface area contributed by atoms with E-state index in [1.54, 1.807) is 36.4 Å². The van der Waals surface area contributed by atoms with Crippen LogP contribution < -0.4 is 10.1 Å². The molecule has 1 aromatic heterocycles. The molecule has 0 aliphatic carbocycles. The van der Waals surface area contributed by atoms with Crippen molar-refractivity contribution in [2.45, 2.75) is 33.0 Å². The molecule has 1 heterocycles. The summed E-state index contributed by atoms with van der Waals surface area (Å²) < 4.78 is 11.3. The van der Waals surface area contributed by atoms with Crippen LogP contribution in [0, 0.1) is 0 Å². The fraction of sp³-hybridized carbons (Fsp3) is 0.227. The average molecular weight is 365 g/mol. The first kappa shape index (κ1) is 18.7. The van der Waals surface area contributed by atoms with Gasteiger partial charge < -0.3 is 19.6 Å². The van der Waals surface area contributed by atoms with Crippen molar-refractivity contribution in [2.24, 2.45) is 0 Å². The number of anilines is 1. The van der Waals surface area contributed by atoms with Crippen molar-refractivity contribution in [1.29, 1.82) is 0 Å². The summed E-state index contributed by atoms with van der Waals surface area (Å²) in [5.41, 5.74) is 2.04. The number of carbonyl (C=O) groups excluding carboxylic acids is 1. The zero-order chi connectivity index (χ0) is 19.2. The highest BCUT2D eigenvalue weighted by atomic mass is 16.5. The Morgan fingerprint density at radius 2 is 1.93 bits per heavy atom. The molecule has 0 fully saturated rings. The Labute approximate surface area is 158 Å². The van der Waals surface area contributed by atoms with Gasteiger partial charge in [0, 0.05) is 16.8 Å². The first-order chi connectivity index (χ1) is 13.1. The van der Waals surface area contributed by atoms with Gasteiger partial charge >= 0.3 is 0 Å². The van der Waals surface area contributed by atoms with Gasteiger partial charge in [0.2, 0.25) is 0 Å². The molecule has 2 aromatic carbocycles. The second-order valence-corrected chi connectivity index (χ2v) is 6.32. The molecule has 5 nitrogen and oxygen atoms in total. The van der Waals surface area contributed by atoms with Gasteiger partial charge in [0.15, 0.2) is 0 Å². The van der Waals surface area contributed by atoms with Gasteiger partial charge in [-0.05, 0) is 61.9 Å². The lowest BCUT2D eigenvalue weighted by molar-refractivity contribution is 0.102. The van der Waals surface area contributed by atoms with Gasteiger partial charge in [-0.3, -0.25) is 4.79 Å². The van der Waals surface area contributed by atoms with E-state index in [0.717, 1.165) is 17.7 Å². The van der Waals surface area contributed by atoms with Crippen molar-refractivity contribution in [3.63, 3.8) is 0 Å². The van der Waals surface area contributed by atoms with Gasteiger partial charge in [0.05, 0.1) is 6.10 Å². The predicted molar refractivity (Wildman–Crippen MR) is 105 cm³/mol. The lowest BCUT2D eigenvalue weighted by atomic mass is 10.1. The second-order valence-electron chi connectivity index (χ2n) is 6.32. The Balaban J connectivity index is 1.69. The van der Waals surface area contributed by atoms with Crippen molar-refractivity contribution < 1.29 is 19.1 Å². The maximum atomic E-state index is 12.5. The Hall–Kier alpha value is -3.05. The van der Waals surface area contributed by atoms with E-state index in [4.69, 9.17) is 14.3 Å². The number of carbonyl (C=O) groups is 1. The molecule has 140 valence electrons. The van der Waals surface area contributed by atoms with Crippen molar-refractivity contribution in [1.82, 2.24) is 0 Å². The summed E-state index contributed by atoms with van der Waals surface area (Å²) in [7, 11) is 0. The molecule has 3 aromatic rings. The van der Waals surface area contributed by atoms with E-state index >= 15 is 0 Å². The molecule has 0 aliphatic heterocycles. The lowest BCUT2D eigenvalue weighted by Crippen LogP contribution is -2.12. The molecule has 1 atom stereocenters. The van der Waals surface area contributed by atoms with Crippen molar-refractivity contribution in [3.8, 4) is 17.1 Å². The number of hydrogen-bond acceptors (Lipinski definition) is 4.